The van der Waals surface area contributed by atoms with Crippen LogP contribution in [0.5, 0.6) is 0 Å². The third-order valence-electron chi connectivity index (χ3n) is 4.72. The maximum absolute atomic E-state index is 14.2. The van der Waals surface area contributed by atoms with Gasteiger partial charge in [0.15, 0.2) is 0 Å². The first-order valence-corrected chi connectivity index (χ1v) is 8.72. The number of fused-ring (bicyclic) bond motifs is 1. The summed E-state index contributed by atoms with van der Waals surface area (Å²) in [6.07, 6.45) is 1.49. The Hall–Kier alpha value is -3.80. The zero-order valence-electron chi connectivity index (χ0n) is 15.0. The number of nitrogens with zero attached hydrogens (tertiary/aromatic N) is 4. The number of hydrogen-bond donors (Lipinski definition) is 1. The van der Waals surface area contributed by atoms with E-state index >= 15 is 0 Å². The fourth-order valence-corrected chi connectivity index (χ4v) is 3.24. The van der Waals surface area contributed by atoms with Gasteiger partial charge in [0.1, 0.15) is 23.5 Å². The Balaban J connectivity index is 1.56. The smallest absolute Gasteiger partial charge is 0.317 e. The molecular weight excluding hydrogens is 383 g/mol. The number of halogens is 3. The number of anilines is 1. The van der Waals surface area contributed by atoms with E-state index in [0.29, 0.717) is 24.3 Å². The second-order valence-corrected chi connectivity index (χ2v) is 6.51. The van der Waals surface area contributed by atoms with Crippen LogP contribution in [0.4, 0.5) is 23.7 Å². The van der Waals surface area contributed by atoms with Crippen molar-refractivity contribution in [3.63, 3.8) is 0 Å². The molecule has 0 aliphatic carbocycles. The van der Waals surface area contributed by atoms with E-state index in [1.54, 1.807) is 10.8 Å². The SMILES string of the molecule is N#Cc1cc(NC(=O)N2CCn3ncc(-c4ccc(F)cc4F)c3C2)ccc1F. The third kappa shape index (κ3) is 3.52. The van der Waals surface area contributed by atoms with Crippen LogP contribution in [0.2, 0.25) is 0 Å². The zero-order chi connectivity index (χ0) is 20.5. The summed E-state index contributed by atoms with van der Waals surface area (Å²) in [6.45, 7) is 0.918. The quantitative estimate of drug-likeness (QED) is 0.713. The largest absolute Gasteiger partial charge is 0.322 e. The number of benzene rings is 2. The monoisotopic (exact) mass is 397 g/mol. The molecule has 1 aliphatic heterocycles. The summed E-state index contributed by atoms with van der Waals surface area (Å²) in [6, 6.07) is 8.29. The molecule has 6 nitrogen and oxygen atoms in total. The third-order valence-corrected chi connectivity index (χ3v) is 4.72. The van der Waals surface area contributed by atoms with E-state index in [2.05, 4.69) is 10.4 Å². The maximum atomic E-state index is 14.2. The number of aromatic nitrogens is 2. The average molecular weight is 397 g/mol. The van der Waals surface area contributed by atoms with Gasteiger partial charge in [0.2, 0.25) is 0 Å². The summed E-state index contributed by atoms with van der Waals surface area (Å²) < 4.78 is 42.5. The van der Waals surface area contributed by atoms with E-state index in [9.17, 15) is 18.0 Å². The summed E-state index contributed by atoms with van der Waals surface area (Å²) in [7, 11) is 0. The van der Waals surface area contributed by atoms with Gasteiger partial charge in [0, 0.05) is 29.4 Å². The van der Waals surface area contributed by atoms with Gasteiger partial charge in [0.05, 0.1) is 30.5 Å². The lowest BCUT2D eigenvalue weighted by Crippen LogP contribution is -2.41. The molecule has 0 spiro atoms. The van der Waals surface area contributed by atoms with Gasteiger partial charge < -0.3 is 10.2 Å². The Morgan fingerprint density at radius 2 is 1.90 bits per heavy atom. The predicted octanol–water partition coefficient (Wildman–Crippen LogP) is 3.89. The highest BCUT2D eigenvalue weighted by molar-refractivity contribution is 5.89. The molecule has 0 bridgehead atoms. The van der Waals surface area contributed by atoms with Crippen molar-refractivity contribution in [1.29, 1.82) is 5.26 Å². The topological polar surface area (TPSA) is 74.0 Å². The van der Waals surface area contributed by atoms with Gasteiger partial charge in [-0.3, -0.25) is 4.68 Å². The number of carbonyl (C=O) groups is 1. The highest BCUT2D eigenvalue weighted by atomic mass is 19.1. The van der Waals surface area contributed by atoms with Crippen molar-refractivity contribution in [2.45, 2.75) is 13.1 Å². The van der Waals surface area contributed by atoms with Crippen LogP contribution in [-0.2, 0) is 13.1 Å². The normalized spacial score (nSPS) is 13.0. The second-order valence-electron chi connectivity index (χ2n) is 6.51. The standard InChI is InChI=1S/C20H14F3N5O/c21-13-1-3-15(18(23)8-13)16-10-25-28-6-5-27(11-19(16)28)20(29)26-14-2-4-17(22)12(7-14)9-24/h1-4,7-8,10H,5-6,11H2,(H,26,29). The molecular formula is C20H14F3N5O. The molecule has 9 heteroatoms. The van der Waals surface area contributed by atoms with Crippen molar-refractivity contribution in [3.05, 3.63) is 71.3 Å². The molecule has 0 saturated carbocycles. The van der Waals surface area contributed by atoms with Gasteiger partial charge in [-0.25, -0.2) is 18.0 Å². The lowest BCUT2D eigenvalue weighted by atomic mass is 10.0. The molecule has 1 aliphatic rings. The minimum absolute atomic E-state index is 0.157. The molecule has 2 aromatic carbocycles. The molecule has 0 unspecified atom stereocenters. The van der Waals surface area contributed by atoms with Crippen molar-refractivity contribution in [1.82, 2.24) is 14.7 Å². The van der Waals surface area contributed by atoms with Gasteiger partial charge in [0.25, 0.3) is 0 Å². The van der Waals surface area contributed by atoms with Crippen molar-refractivity contribution in [3.8, 4) is 17.2 Å². The van der Waals surface area contributed by atoms with Crippen molar-refractivity contribution >= 4 is 11.7 Å². The highest BCUT2D eigenvalue weighted by Crippen LogP contribution is 2.29. The van der Waals surface area contributed by atoms with Gasteiger partial charge >= 0.3 is 6.03 Å². The van der Waals surface area contributed by atoms with E-state index in [1.165, 1.54) is 29.3 Å². The molecule has 1 N–H and O–H groups in total. The summed E-state index contributed by atoms with van der Waals surface area (Å²) in [5, 5.41) is 15.8. The van der Waals surface area contributed by atoms with Gasteiger partial charge in [-0.15, -0.1) is 0 Å². The van der Waals surface area contributed by atoms with Crippen LogP contribution in [0.15, 0.2) is 42.6 Å². The minimum Gasteiger partial charge on any atom is -0.317 e. The van der Waals surface area contributed by atoms with Crippen LogP contribution in [0.1, 0.15) is 11.3 Å². The first-order chi connectivity index (χ1) is 14.0. The Morgan fingerprint density at radius 3 is 2.66 bits per heavy atom. The van der Waals surface area contributed by atoms with Crippen LogP contribution >= 0.6 is 0 Å². The van der Waals surface area contributed by atoms with Gasteiger partial charge in [-0.1, -0.05) is 0 Å². The Labute approximate surface area is 163 Å². The molecule has 4 rings (SSSR count). The van der Waals surface area contributed by atoms with Crippen molar-refractivity contribution in [2.24, 2.45) is 0 Å². The first-order valence-electron chi connectivity index (χ1n) is 8.72. The fourth-order valence-electron chi connectivity index (χ4n) is 3.24. The molecule has 0 saturated heterocycles. The Bertz CT molecular complexity index is 1150. The molecule has 3 aromatic rings. The molecule has 0 atom stereocenters. The molecule has 2 amide bonds. The van der Waals surface area contributed by atoms with E-state index in [4.69, 9.17) is 5.26 Å². The number of rotatable bonds is 2. The predicted molar refractivity (Wildman–Crippen MR) is 98.1 cm³/mol. The lowest BCUT2D eigenvalue weighted by Gasteiger charge is -2.28. The van der Waals surface area contributed by atoms with Crippen LogP contribution in [0, 0.1) is 28.8 Å². The number of urea groups is 1. The molecule has 2 heterocycles. The van der Waals surface area contributed by atoms with Gasteiger partial charge in [-0.2, -0.15) is 10.4 Å². The van der Waals surface area contributed by atoms with Gasteiger partial charge in [-0.05, 0) is 30.3 Å². The van der Waals surface area contributed by atoms with Crippen LogP contribution in [0.25, 0.3) is 11.1 Å². The number of carbonyl (C=O) groups excluding carboxylic acids is 1. The summed E-state index contributed by atoms with van der Waals surface area (Å²) in [4.78, 5) is 14.1. The number of hydrogen-bond acceptors (Lipinski definition) is 3. The average Bonchev–Trinajstić information content (AvgIpc) is 3.12. The van der Waals surface area contributed by atoms with Crippen molar-refractivity contribution in [2.75, 3.05) is 11.9 Å². The number of amides is 2. The van der Waals surface area contributed by atoms with Crippen LogP contribution < -0.4 is 5.32 Å². The Morgan fingerprint density at radius 1 is 1.07 bits per heavy atom. The zero-order valence-corrected chi connectivity index (χ0v) is 15.0. The summed E-state index contributed by atoms with van der Waals surface area (Å²) >= 11 is 0. The van der Waals surface area contributed by atoms with E-state index < -0.39 is 23.5 Å². The van der Waals surface area contributed by atoms with Crippen LogP contribution in [-0.4, -0.2) is 27.3 Å². The molecule has 0 radical (unpaired) electrons. The van der Waals surface area contributed by atoms with Crippen molar-refractivity contribution < 1.29 is 18.0 Å². The Kier molecular flexibility index (Phi) is 4.68. The van der Waals surface area contributed by atoms with Crippen LogP contribution in [0.3, 0.4) is 0 Å². The first kappa shape index (κ1) is 18.6. The maximum Gasteiger partial charge on any atom is 0.322 e. The second kappa shape index (κ2) is 7.31. The fraction of sp³-hybridized carbons (Fsp3) is 0.150. The molecule has 29 heavy (non-hydrogen) atoms. The molecule has 146 valence electrons. The highest BCUT2D eigenvalue weighted by Gasteiger charge is 2.25. The molecule has 0 fully saturated rings. The number of nitriles is 1. The lowest BCUT2D eigenvalue weighted by molar-refractivity contribution is 0.194. The van der Waals surface area contributed by atoms with E-state index in [1.807, 2.05) is 0 Å². The summed E-state index contributed by atoms with van der Waals surface area (Å²) in [5.74, 6) is -2.06. The minimum atomic E-state index is -0.710. The van der Waals surface area contributed by atoms with E-state index in [0.717, 1.165) is 18.2 Å². The van der Waals surface area contributed by atoms with E-state index in [-0.39, 0.29) is 23.4 Å². The molecule has 1 aromatic heterocycles. The number of nitrogens with one attached hydrogen (secondary N) is 1. The summed E-state index contributed by atoms with van der Waals surface area (Å²) in [5.41, 5.74) is 1.42.